The van der Waals surface area contributed by atoms with Crippen LogP contribution in [0.5, 0.6) is 11.5 Å². The number of nitrogens with one attached hydrogen (secondary N) is 1. The van der Waals surface area contributed by atoms with Gasteiger partial charge in [0.15, 0.2) is 0 Å². The average Bonchev–Trinajstić information content (AvgIpc) is 2.66. The van der Waals surface area contributed by atoms with E-state index < -0.39 is 0 Å². The second kappa shape index (κ2) is 6.32. The van der Waals surface area contributed by atoms with Crippen LogP contribution in [0.2, 0.25) is 0 Å². The molecular formula is C21H18N2O2. The molecule has 0 spiro atoms. The number of hydrogen-bond acceptors (Lipinski definition) is 4. The van der Waals surface area contributed by atoms with Crippen LogP contribution in [0.15, 0.2) is 66.9 Å². The van der Waals surface area contributed by atoms with Crippen molar-refractivity contribution in [2.75, 3.05) is 12.4 Å². The molecule has 0 saturated heterocycles. The first-order chi connectivity index (χ1) is 12.3. The van der Waals surface area contributed by atoms with Crippen molar-refractivity contribution in [1.29, 1.82) is 0 Å². The Morgan fingerprint density at radius 3 is 2.72 bits per heavy atom. The van der Waals surface area contributed by atoms with Crippen LogP contribution in [0.1, 0.15) is 5.56 Å². The van der Waals surface area contributed by atoms with E-state index >= 15 is 0 Å². The van der Waals surface area contributed by atoms with Crippen LogP contribution in [-0.2, 0) is 6.54 Å². The minimum atomic E-state index is 0.284. The molecule has 4 nitrogen and oxygen atoms in total. The molecule has 0 fully saturated rings. The zero-order chi connectivity index (χ0) is 17.2. The molecule has 0 bridgehead atoms. The van der Waals surface area contributed by atoms with E-state index in [-0.39, 0.29) is 5.75 Å². The van der Waals surface area contributed by atoms with Crippen molar-refractivity contribution in [3.05, 3.63) is 72.4 Å². The summed E-state index contributed by atoms with van der Waals surface area (Å²) in [4.78, 5) is 4.47. The number of phenols is 1. The number of fused-ring (bicyclic) bond motifs is 2. The Balaban J connectivity index is 1.75. The van der Waals surface area contributed by atoms with E-state index in [1.54, 1.807) is 19.4 Å². The fourth-order valence-electron chi connectivity index (χ4n) is 3.11. The molecule has 0 unspecified atom stereocenters. The van der Waals surface area contributed by atoms with Gasteiger partial charge in [-0.25, -0.2) is 0 Å². The van der Waals surface area contributed by atoms with Gasteiger partial charge < -0.3 is 15.2 Å². The highest BCUT2D eigenvalue weighted by molar-refractivity contribution is 5.92. The molecule has 0 aliphatic rings. The minimum absolute atomic E-state index is 0.284. The average molecular weight is 330 g/mol. The Hall–Kier alpha value is -3.27. The van der Waals surface area contributed by atoms with E-state index in [2.05, 4.69) is 10.3 Å². The third kappa shape index (κ3) is 2.83. The quantitative estimate of drug-likeness (QED) is 0.569. The lowest BCUT2D eigenvalue weighted by Gasteiger charge is -2.14. The number of anilines is 1. The van der Waals surface area contributed by atoms with Crippen molar-refractivity contribution >= 4 is 27.4 Å². The zero-order valence-electron chi connectivity index (χ0n) is 13.9. The lowest BCUT2D eigenvalue weighted by atomic mass is 10.0. The highest BCUT2D eigenvalue weighted by atomic mass is 16.5. The predicted octanol–water partition coefficient (Wildman–Crippen LogP) is 4.71. The molecule has 3 aromatic carbocycles. The Bertz CT molecular complexity index is 1060. The van der Waals surface area contributed by atoms with E-state index in [1.165, 1.54) is 0 Å². The van der Waals surface area contributed by atoms with Gasteiger partial charge in [-0.2, -0.15) is 0 Å². The standard InChI is InChI=1S/C21H18N2O2/c1-25-16-11-15-6-4-10-22-21(15)19(12-16)23-13-18-17-7-3-2-5-14(17)8-9-20(18)24/h2-12,23-24H,13H2,1H3. The number of ether oxygens (including phenoxy) is 1. The molecule has 0 aliphatic heterocycles. The first-order valence-corrected chi connectivity index (χ1v) is 8.12. The number of pyridine rings is 1. The Morgan fingerprint density at radius 2 is 1.84 bits per heavy atom. The lowest BCUT2D eigenvalue weighted by molar-refractivity contribution is 0.415. The minimum Gasteiger partial charge on any atom is -0.508 e. The van der Waals surface area contributed by atoms with Crippen LogP contribution in [0.3, 0.4) is 0 Å². The fourth-order valence-corrected chi connectivity index (χ4v) is 3.11. The smallest absolute Gasteiger partial charge is 0.121 e. The largest absolute Gasteiger partial charge is 0.508 e. The van der Waals surface area contributed by atoms with E-state index in [0.717, 1.165) is 38.7 Å². The third-order valence-corrected chi connectivity index (χ3v) is 4.39. The number of aromatic hydroxyl groups is 1. The molecule has 25 heavy (non-hydrogen) atoms. The lowest BCUT2D eigenvalue weighted by Crippen LogP contribution is -2.02. The van der Waals surface area contributed by atoms with Gasteiger partial charge in [-0.3, -0.25) is 4.98 Å². The van der Waals surface area contributed by atoms with Crippen molar-refractivity contribution in [2.45, 2.75) is 6.54 Å². The third-order valence-electron chi connectivity index (χ3n) is 4.39. The fraction of sp³-hybridized carbons (Fsp3) is 0.0952. The predicted molar refractivity (Wildman–Crippen MR) is 101 cm³/mol. The maximum atomic E-state index is 10.3. The summed E-state index contributed by atoms with van der Waals surface area (Å²) in [5.41, 5.74) is 2.62. The summed E-state index contributed by atoms with van der Waals surface area (Å²) < 4.78 is 5.39. The molecule has 0 atom stereocenters. The molecular weight excluding hydrogens is 312 g/mol. The molecule has 0 aliphatic carbocycles. The van der Waals surface area contributed by atoms with Crippen molar-refractivity contribution in [3.8, 4) is 11.5 Å². The number of rotatable bonds is 4. The van der Waals surface area contributed by atoms with Gasteiger partial charge in [0, 0.05) is 29.8 Å². The van der Waals surface area contributed by atoms with Gasteiger partial charge >= 0.3 is 0 Å². The van der Waals surface area contributed by atoms with Crippen LogP contribution < -0.4 is 10.1 Å². The summed E-state index contributed by atoms with van der Waals surface area (Å²) in [6, 6.07) is 19.5. The van der Waals surface area contributed by atoms with Gasteiger partial charge in [0.2, 0.25) is 0 Å². The number of phenolic OH excluding ortho intramolecular Hbond substituents is 1. The topological polar surface area (TPSA) is 54.4 Å². The van der Waals surface area contributed by atoms with Crippen LogP contribution >= 0.6 is 0 Å². The molecule has 0 radical (unpaired) electrons. The molecule has 124 valence electrons. The van der Waals surface area contributed by atoms with E-state index in [0.29, 0.717) is 6.54 Å². The van der Waals surface area contributed by atoms with Crippen molar-refractivity contribution in [1.82, 2.24) is 4.98 Å². The first-order valence-electron chi connectivity index (χ1n) is 8.12. The highest BCUT2D eigenvalue weighted by Crippen LogP contribution is 2.31. The van der Waals surface area contributed by atoms with Gasteiger partial charge in [0.25, 0.3) is 0 Å². The van der Waals surface area contributed by atoms with Gasteiger partial charge in [0.05, 0.1) is 18.3 Å². The molecule has 1 aromatic heterocycles. The molecule has 0 amide bonds. The number of nitrogens with zero attached hydrogens (tertiary/aromatic N) is 1. The number of methoxy groups -OCH3 is 1. The monoisotopic (exact) mass is 330 g/mol. The Kier molecular flexibility index (Phi) is 3.86. The van der Waals surface area contributed by atoms with Crippen LogP contribution in [0.25, 0.3) is 21.7 Å². The number of aromatic nitrogens is 1. The molecule has 4 rings (SSSR count). The van der Waals surface area contributed by atoms with E-state index in [4.69, 9.17) is 4.74 Å². The number of benzene rings is 3. The van der Waals surface area contributed by atoms with Crippen molar-refractivity contribution in [3.63, 3.8) is 0 Å². The zero-order valence-corrected chi connectivity index (χ0v) is 13.9. The summed E-state index contributed by atoms with van der Waals surface area (Å²) in [6.07, 6.45) is 1.77. The number of hydrogen-bond donors (Lipinski definition) is 2. The van der Waals surface area contributed by atoms with Crippen LogP contribution in [0.4, 0.5) is 5.69 Å². The maximum Gasteiger partial charge on any atom is 0.121 e. The maximum absolute atomic E-state index is 10.3. The van der Waals surface area contributed by atoms with Gasteiger partial charge in [-0.15, -0.1) is 0 Å². The summed E-state index contributed by atoms with van der Waals surface area (Å²) >= 11 is 0. The Morgan fingerprint density at radius 1 is 1.00 bits per heavy atom. The molecule has 2 N–H and O–H groups in total. The summed E-state index contributed by atoms with van der Waals surface area (Å²) in [6.45, 7) is 0.492. The van der Waals surface area contributed by atoms with Crippen LogP contribution in [-0.4, -0.2) is 17.2 Å². The summed E-state index contributed by atoms with van der Waals surface area (Å²) in [7, 11) is 1.65. The van der Waals surface area contributed by atoms with E-state index in [1.807, 2.05) is 54.6 Å². The first kappa shape index (κ1) is 15.3. The van der Waals surface area contributed by atoms with Gasteiger partial charge in [0.1, 0.15) is 11.5 Å². The molecule has 4 heteroatoms. The normalized spacial score (nSPS) is 10.9. The van der Waals surface area contributed by atoms with E-state index in [9.17, 15) is 5.11 Å². The Labute approximate surface area is 145 Å². The second-order valence-electron chi connectivity index (χ2n) is 5.89. The van der Waals surface area contributed by atoms with Crippen LogP contribution in [0, 0.1) is 0 Å². The van der Waals surface area contributed by atoms with Crippen molar-refractivity contribution in [2.24, 2.45) is 0 Å². The van der Waals surface area contributed by atoms with Gasteiger partial charge in [-0.1, -0.05) is 36.4 Å². The van der Waals surface area contributed by atoms with Gasteiger partial charge in [-0.05, 0) is 29.0 Å². The van der Waals surface area contributed by atoms with Crippen molar-refractivity contribution < 1.29 is 9.84 Å². The molecule has 0 saturated carbocycles. The molecule has 4 aromatic rings. The second-order valence-corrected chi connectivity index (χ2v) is 5.89. The highest BCUT2D eigenvalue weighted by Gasteiger charge is 2.09. The molecule has 1 heterocycles. The summed E-state index contributed by atoms with van der Waals surface area (Å²) in [5, 5.41) is 16.9. The summed E-state index contributed by atoms with van der Waals surface area (Å²) in [5.74, 6) is 1.05. The SMILES string of the molecule is COc1cc(NCc2c(O)ccc3ccccc23)c2ncccc2c1.